The van der Waals surface area contributed by atoms with E-state index in [2.05, 4.69) is 12.2 Å². The zero-order valence-corrected chi connectivity index (χ0v) is 9.09. The van der Waals surface area contributed by atoms with Crippen molar-refractivity contribution in [3.05, 3.63) is 21.2 Å². The van der Waals surface area contributed by atoms with Crippen molar-refractivity contribution in [2.75, 3.05) is 13.1 Å². The fourth-order valence-corrected chi connectivity index (χ4v) is 1.76. The number of nitrogens with zero attached hydrogens (tertiary/aromatic N) is 1. The fraction of sp³-hybridized carbons (Fsp3) is 0.667. The van der Waals surface area contributed by atoms with E-state index in [0.717, 1.165) is 24.3 Å². The predicted molar refractivity (Wildman–Crippen MR) is 57.7 cm³/mol. The lowest BCUT2D eigenvalue weighted by Gasteiger charge is -2.11. The third kappa shape index (κ3) is 3.61. The predicted octanol–water partition coefficient (Wildman–Crippen LogP) is 0.270. The summed E-state index contributed by atoms with van der Waals surface area (Å²) in [5.41, 5.74) is 0. The maximum Gasteiger partial charge on any atom is 0.307 e. The Hall–Kier alpha value is -0.650. The van der Waals surface area contributed by atoms with Gasteiger partial charge >= 0.3 is 4.87 Å². The Bertz CT molecular complexity index is 308. The van der Waals surface area contributed by atoms with Gasteiger partial charge in [0.2, 0.25) is 0 Å². The van der Waals surface area contributed by atoms with Gasteiger partial charge in [-0.25, -0.2) is 0 Å². The van der Waals surface area contributed by atoms with E-state index in [4.69, 9.17) is 0 Å². The molecule has 80 valence electrons. The van der Waals surface area contributed by atoms with Crippen LogP contribution in [0.3, 0.4) is 0 Å². The summed E-state index contributed by atoms with van der Waals surface area (Å²) >= 11 is 1.15. The van der Waals surface area contributed by atoms with Crippen molar-refractivity contribution in [2.45, 2.75) is 26.0 Å². The number of hydrogen-bond acceptors (Lipinski definition) is 4. The molecule has 14 heavy (non-hydrogen) atoms. The van der Waals surface area contributed by atoms with E-state index in [1.165, 1.54) is 4.57 Å². The topological polar surface area (TPSA) is 54.3 Å². The largest absolute Gasteiger partial charge is 0.390 e. The van der Waals surface area contributed by atoms with Gasteiger partial charge in [-0.05, 0) is 13.0 Å². The molecule has 5 heteroatoms. The van der Waals surface area contributed by atoms with Gasteiger partial charge in [0.25, 0.3) is 0 Å². The molecule has 0 bridgehead atoms. The van der Waals surface area contributed by atoms with Crippen LogP contribution in [0.2, 0.25) is 0 Å². The molecular weight excluding hydrogens is 200 g/mol. The highest BCUT2D eigenvalue weighted by Crippen LogP contribution is 1.92. The van der Waals surface area contributed by atoms with E-state index >= 15 is 0 Å². The van der Waals surface area contributed by atoms with Crippen molar-refractivity contribution in [2.24, 2.45) is 0 Å². The molecule has 0 saturated carbocycles. The van der Waals surface area contributed by atoms with Crippen LogP contribution in [0.15, 0.2) is 16.4 Å². The molecule has 1 heterocycles. The van der Waals surface area contributed by atoms with Crippen LogP contribution in [0.4, 0.5) is 0 Å². The van der Waals surface area contributed by atoms with Crippen LogP contribution in [0, 0.1) is 0 Å². The highest BCUT2D eigenvalue weighted by molar-refractivity contribution is 7.07. The van der Waals surface area contributed by atoms with E-state index < -0.39 is 6.10 Å². The van der Waals surface area contributed by atoms with Crippen LogP contribution in [0.5, 0.6) is 0 Å². The zero-order valence-electron chi connectivity index (χ0n) is 8.27. The SMILES string of the molecule is CCCNCC(O)Cn1ccsc1=O. The summed E-state index contributed by atoms with van der Waals surface area (Å²) in [6, 6.07) is 0. The van der Waals surface area contributed by atoms with Crippen molar-refractivity contribution in [3.8, 4) is 0 Å². The molecule has 0 fully saturated rings. The van der Waals surface area contributed by atoms with Crippen LogP contribution in [0.1, 0.15) is 13.3 Å². The van der Waals surface area contributed by atoms with Crippen molar-refractivity contribution in [1.29, 1.82) is 0 Å². The Morgan fingerprint density at radius 2 is 2.50 bits per heavy atom. The number of rotatable bonds is 6. The first-order chi connectivity index (χ1) is 6.74. The monoisotopic (exact) mass is 216 g/mol. The maximum absolute atomic E-state index is 11.1. The van der Waals surface area contributed by atoms with Crippen LogP contribution < -0.4 is 10.2 Å². The molecular formula is C9H16N2O2S. The van der Waals surface area contributed by atoms with E-state index in [1.54, 1.807) is 11.6 Å². The molecule has 0 spiro atoms. The van der Waals surface area contributed by atoms with Crippen LogP contribution in [0.25, 0.3) is 0 Å². The van der Waals surface area contributed by atoms with Gasteiger partial charge in [-0.15, -0.1) is 0 Å². The second kappa shape index (κ2) is 5.95. The number of hydrogen-bond donors (Lipinski definition) is 2. The third-order valence-electron chi connectivity index (χ3n) is 1.86. The molecule has 1 rings (SSSR count). The lowest BCUT2D eigenvalue weighted by molar-refractivity contribution is 0.151. The lowest BCUT2D eigenvalue weighted by Crippen LogP contribution is -2.32. The van der Waals surface area contributed by atoms with Crippen molar-refractivity contribution < 1.29 is 5.11 Å². The standard InChI is InChI=1S/C9H16N2O2S/c1-2-3-10-6-8(12)7-11-4-5-14-9(11)13/h4-5,8,10,12H,2-3,6-7H2,1H3. The molecule has 1 aromatic rings. The molecule has 0 aliphatic rings. The van der Waals surface area contributed by atoms with Gasteiger partial charge in [-0.1, -0.05) is 18.3 Å². The third-order valence-corrected chi connectivity index (χ3v) is 2.55. The minimum atomic E-state index is -0.492. The quantitative estimate of drug-likeness (QED) is 0.671. The molecule has 0 aromatic carbocycles. The van der Waals surface area contributed by atoms with Crippen LogP contribution >= 0.6 is 11.3 Å². The van der Waals surface area contributed by atoms with Gasteiger partial charge in [0, 0.05) is 18.1 Å². The number of aliphatic hydroxyl groups excluding tert-OH is 1. The summed E-state index contributed by atoms with van der Waals surface area (Å²) in [6.45, 7) is 3.88. The van der Waals surface area contributed by atoms with E-state index in [1.807, 2.05) is 0 Å². The second-order valence-electron chi connectivity index (χ2n) is 3.18. The van der Waals surface area contributed by atoms with E-state index in [-0.39, 0.29) is 4.87 Å². The van der Waals surface area contributed by atoms with Crippen molar-refractivity contribution in [3.63, 3.8) is 0 Å². The summed E-state index contributed by atoms with van der Waals surface area (Å²) < 4.78 is 1.53. The molecule has 0 saturated heterocycles. The average molecular weight is 216 g/mol. The molecule has 1 atom stereocenters. The van der Waals surface area contributed by atoms with Gasteiger partial charge in [-0.2, -0.15) is 0 Å². The fourth-order valence-electron chi connectivity index (χ4n) is 1.16. The van der Waals surface area contributed by atoms with E-state index in [9.17, 15) is 9.90 Å². The Balaban J connectivity index is 2.30. The molecule has 1 aromatic heterocycles. The normalized spacial score (nSPS) is 13.0. The number of nitrogens with one attached hydrogen (secondary N) is 1. The number of aliphatic hydroxyl groups is 1. The molecule has 4 nitrogen and oxygen atoms in total. The molecule has 2 N–H and O–H groups in total. The van der Waals surface area contributed by atoms with Crippen molar-refractivity contribution >= 4 is 11.3 Å². The summed E-state index contributed by atoms with van der Waals surface area (Å²) in [5.74, 6) is 0. The first-order valence-electron chi connectivity index (χ1n) is 4.76. The molecule has 0 aliphatic heterocycles. The highest BCUT2D eigenvalue weighted by Gasteiger charge is 2.05. The first kappa shape index (κ1) is 11.4. The Kier molecular flexibility index (Phi) is 4.86. The Morgan fingerprint density at radius 1 is 1.71 bits per heavy atom. The molecule has 1 unspecified atom stereocenters. The summed E-state index contributed by atoms with van der Waals surface area (Å²) in [4.78, 5) is 11.1. The van der Waals surface area contributed by atoms with Crippen LogP contribution in [-0.2, 0) is 6.54 Å². The number of aromatic nitrogens is 1. The van der Waals surface area contributed by atoms with Gasteiger partial charge in [-0.3, -0.25) is 4.79 Å². The molecule has 0 aliphatic carbocycles. The smallest absolute Gasteiger partial charge is 0.307 e. The summed E-state index contributed by atoms with van der Waals surface area (Å²) in [7, 11) is 0. The molecule has 0 amide bonds. The molecule has 0 radical (unpaired) electrons. The lowest BCUT2D eigenvalue weighted by atomic mass is 10.3. The van der Waals surface area contributed by atoms with E-state index in [0.29, 0.717) is 13.1 Å². The van der Waals surface area contributed by atoms with Crippen molar-refractivity contribution in [1.82, 2.24) is 9.88 Å². The summed E-state index contributed by atoms with van der Waals surface area (Å²) in [6.07, 6.45) is 2.26. The van der Waals surface area contributed by atoms with Crippen LogP contribution in [-0.4, -0.2) is 28.9 Å². The maximum atomic E-state index is 11.1. The number of thiazole rings is 1. The zero-order chi connectivity index (χ0) is 10.4. The van der Waals surface area contributed by atoms with Gasteiger partial charge in [0.05, 0.1) is 12.6 Å². The first-order valence-corrected chi connectivity index (χ1v) is 5.64. The average Bonchev–Trinajstić information content (AvgIpc) is 2.52. The Labute approximate surface area is 87.2 Å². The summed E-state index contributed by atoms with van der Waals surface area (Å²) in [5, 5.41) is 14.4. The van der Waals surface area contributed by atoms with Gasteiger partial charge < -0.3 is 15.0 Å². The van der Waals surface area contributed by atoms with Gasteiger partial charge in [0.1, 0.15) is 0 Å². The minimum Gasteiger partial charge on any atom is -0.390 e. The van der Waals surface area contributed by atoms with Gasteiger partial charge in [0.15, 0.2) is 0 Å². The Morgan fingerprint density at radius 3 is 3.07 bits per heavy atom. The second-order valence-corrected chi connectivity index (χ2v) is 4.04. The minimum absolute atomic E-state index is 0.0143. The highest BCUT2D eigenvalue weighted by atomic mass is 32.1.